The van der Waals surface area contributed by atoms with Crippen molar-refractivity contribution in [3.8, 4) is 0 Å². The van der Waals surface area contributed by atoms with Gasteiger partial charge in [-0.05, 0) is 51.1 Å². The van der Waals surface area contributed by atoms with Crippen molar-refractivity contribution in [1.82, 2.24) is 0 Å². The van der Waals surface area contributed by atoms with Crippen LogP contribution in [0.5, 0.6) is 0 Å². The molecule has 0 aliphatic heterocycles. The smallest absolute Gasteiger partial charge is 0.188 e. The van der Waals surface area contributed by atoms with E-state index >= 15 is 0 Å². The molecule has 0 heterocycles. The first-order chi connectivity index (χ1) is 8.33. The molecule has 2 nitrogen and oxygen atoms in total. The van der Waals surface area contributed by atoms with E-state index in [4.69, 9.17) is 4.12 Å². The predicted molar refractivity (Wildman–Crippen MR) is 77.4 cm³/mol. The number of alkyl halides is 2. The van der Waals surface area contributed by atoms with Crippen molar-refractivity contribution in [3.63, 3.8) is 0 Å². The summed E-state index contributed by atoms with van der Waals surface area (Å²) in [6.45, 7) is 8.32. The Kier molecular flexibility index (Phi) is 9.28. The summed E-state index contributed by atoms with van der Waals surface area (Å²) < 4.78 is 35.0. The van der Waals surface area contributed by atoms with E-state index in [9.17, 15) is 8.78 Å². The van der Waals surface area contributed by atoms with E-state index in [0.29, 0.717) is 13.0 Å². The highest BCUT2D eigenvalue weighted by Gasteiger charge is 2.32. The number of hydrogen-bond donors (Lipinski definition) is 0. The van der Waals surface area contributed by atoms with Gasteiger partial charge in [-0.1, -0.05) is 6.42 Å². The molecule has 6 heteroatoms. The van der Waals surface area contributed by atoms with Crippen molar-refractivity contribution in [3.05, 3.63) is 0 Å². The van der Waals surface area contributed by atoms with Gasteiger partial charge in [0, 0.05) is 6.61 Å². The molecular weight excluding hydrogens is 270 g/mol. The van der Waals surface area contributed by atoms with Crippen LogP contribution in [0, 0.1) is 0 Å². The Hall–Kier alpha value is 0.214. The summed E-state index contributed by atoms with van der Waals surface area (Å²) in [5, 5.41) is 0. The Morgan fingerprint density at radius 3 is 1.89 bits per heavy atom. The first-order valence-corrected chi connectivity index (χ1v) is 13.0. The third-order valence-corrected chi connectivity index (χ3v) is 10.4. The zero-order valence-electron chi connectivity index (χ0n) is 12.2. The fourth-order valence-electron chi connectivity index (χ4n) is 2.15. The molecule has 0 unspecified atom stereocenters. The molecule has 0 spiro atoms. The van der Waals surface area contributed by atoms with Gasteiger partial charge in [0.2, 0.25) is 0 Å². The lowest BCUT2D eigenvalue weighted by Crippen LogP contribution is -2.44. The van der Waals surface area contributed by atoms with Crippen LogP contribution in [0.4, 0.5) is 8.78 Å². The standard InChI is InChI=1S/C12H28F2O2Si2/c1-17(2,10-6-5-9-15-12-14)16-18(3,4)11-7-8-13/h5-12H2,1-4H3. The fraction of sp³-hybridized carbons (Fsp3) is 1.00. The first-order valence-electron chi connectivity index (χ1n) is 6.73. The molecule has 0 saturated carbocycles. The van der Waals surface area contributed by atoms with Crippen LogP contribution in [-0.4, -0.2) is 36.8 Å². The second-order valence-electron chi connectivity index (χ2n) is 5.89. The third kappa shape index (κ3) is 10.2. The molecule has 0 N–H and O–H groups in total. The molecule has 0 aromatic rings. The molecule has 0 amide bonds. The Balaban J connectivity index is 3.89. The van der Waals surface area contributed by atoms with Crippen molar-refractivity contribution in [2.24, 2.45) is 0 Å². The minimum Gasteiger partial charge on any atom is -0.455 e. The average molecular weight is 299 g/mol. The van der Waals surface area contributed by atoms with Gasteiger partial charge in [0.15, 0.2) is 23.5 Å². The van der Waals surface area contributed by atoms with Crippen LogP contribution in [-0.2, 0) is 8.85 Å². The molecule has 0 rings (SSSR count). The summed E-state index contributed by atoms with van der Waals surface area (Å²) in [6.07, 6.45) is 2.52. The van der Waals surface area contributed by atoms with Gasteiger partial charge in [0.25, 0.3) is 0 Å². The molecule has 0 fully saturated rings. The maximum Gasteiger partial charge on any atom is 0.188 e. The van der Waals surface area contributed by atoms with Crippen molar-refractivity contribution >= 4 is 16.6 Å². The van der Waals surface area contributed by atoms with Crippen LogP contribution in [0.3, 0.4) is 0 Å². The predicted octanol–water partition coefficient (Wildman–Crippen LogP) is 4.50. The fourth-order valence-corrected chi connectivity index (χ4v) is 11.0. The van der Waals surface area contributed by atoms with Gasteiger partial charge in [-0.3, -0.25) is 4.39 Å². The molecule has 0 radical (unpaired) electrons. The van der Waals surface area contributed by atoms with E-state index in [1.807, 2.05) is 0 Å². The van der Waals surface area contributed by atoms with E-state index in [-0.39, 0.29) is 6.67 Å². The molecule has 0 atom stereocenters. The normalized spacial score (nSPS) is 13.0. The minimum absolute atomic E-state index is 0.248. The van der Waals surface area contributed by atoms with Crippen molar-refractivity contribution in [2.45, 2.75) is 57.5 Å². The number of unbranched alkanes of at least 4 members (excludes halogenated alkanes) is 1. The zero-order chi connectivity index (χ0) is 14.1. The summed E-state index contributed by atoms with van der Waals surface area (Å²) in [5.41, 5.74) is 0. The SMILES string of the molecule is C[Si](C)(CCCF)O[Si](C)(C)CCCCOCF. The summed E-state index contributed by atoms with van der Waals surface area (Å²) in [4.78, 5) is 0. The highest BCUT2D eigenvalue weighted by molar-refractivity contribution is 6.84. The van der Waals surface area contributed by atoms with Crippen molar-refractivity contribution in [1.29, 1.82) is 0 Å². The maximum absolute atomic E-state index is 12.2. The Morgan fingerprint density at radius 1 is 0.833 bits per heavy atom. The molecule has 0 aromatic carbocycles. The van der Waals surface area contributed by atoms with E-state index in [2.05, 4.69) is 30.9 Å². The van der Waals surface area contributed by atoms with E-state index in [1.54, 1.807) is 0 Å². The average Bonchev–Trinajstić information content (AvgIpc) is 2.24. The highest BCUT2D eigenvalue weighted by atomic mass is 28.4. The van der Waals surface area contributed by atoms with Crippen LogP contribution >= 0.6 is 0 Å². The highest BCUT2D eigenvalue weighted by Crippen LogP contribution is 2.24. The van der Waals surface area contributed by atoms with Crippen LogP contribution in [0.15, 0.2) is 0 Å². The van der Waals surface area contributed by atoms with Gasteiger partial charge in [-0.25, -0.2) is 4.39 Å². The summed E-state index contributed by atoms with van der Waals surface area (Å²) in [5.74, 6) is 0. The number of ether oxygens (including phenoxy) is 1. The molecule has 0 aromatic heterocycles. The van der Waals surface area contributed by atoms with Crippen LogP contribution in [0.2, 0.25) is 38.3 Å². The molecule has 0 aliphatic rings. The maximum atomic E-state index is 12.2. The quantitative estimate of drug-likeness (QED) is 0.413. The van der Waals surface area contributed by atoms with Gasteiger partial charge < -0.3 is 8.85 Å². The second kappa shape index (κ2) is 9.17. The molecule has 0 bridgehead atoms. The van der Waals surface area contributed by atoms with Crippen LogP contribution in [0.25, 0.3) is 0 Å². The van der Waals surface area contributed by atoms with Crippen LogP contribution < -0.4 is 0 Å². The first kappa shape index (κ1) is 18.2. The zero-order valence-corrected chi connectivity index (χ0v) is 14.2. The number of hydrogen-bond acceptors (Lipinski definition) is 2. The van der Waals surface area contributed by atoms with Gasteiger partial charge in [-0.2, -0.15) is 0 Å². The van der Waals surface area contributed by atoms with E-state index < -0.39 is 23.5 Å². The Bertz CT molecular complexity index is 214. The Labute approximate surface area is 112 Å². The van der Waals surface area contributed by atoms with Crippen LogP contribution in [0.1, 0.15) is 19.3 Å². The minimum atomic E-state index is -1.70. The third-order valence-electron chi connectivity index (χ3n) is 2.86. The summed E-state index contributed by atoms with van der Waals surface area (Å²) in [6, 6.07) is 1.96. The topological polar surface area (TPSA) is 18.5 Å². The monoisotopic (exact) mass is 298 g/mol. The Morgan fingerprint density at radius 2 is 1.39 bits per heavy atom. The van der Waals surface area contributed by atoms with Gasteiger partial charge in [0.1, 0.15) is 0 Å². The van der Waals surface area contributed by atoms with Gasteiger partial charge in [-0.15, -0.1) is 0 Å². The van der Waals surface area contributed by atoms with E-state index in [0.717, 1.165) is 24.9 Å². The second-order valence-corrected chi connectivity index (χ2v) is 14.7. The molecule has 110 valence electrons. The largest absolute Gasteiger partial charge is 0.455 e. The summed E-state index contributed by atoms with van der Waals surface area (Å²) >= 11 is 0. The lowest BCUT2D eigenvalue weighted by molar-refractivity contribution is 0.0561. The van der Waals surface area contributed by atoms with Gasteiger partial charge >= 0.3 is 0 Å². The molecule has 0 aliphatic carbocycles. The number of halogens is 2. The number of rotatable bonds is 11. The van der Waals surface area contributed by atoms with E-state index in [1.165, 1.54) is 0 Å². The molecular formula is C12H28F2O2Si2. The molecule has 0 saturated heterocycles. The molecule has 18 heavy (non-hydrogen) atoms. The lowest BCUT2D eigenvalue weighted by atomic mass is 10.4. The van der Waals surface area contributed by atoms with Crippen molar-refractivity contribution in [2.75, 3.05) is 20.1 Å². The summed E-state index contributed by atoms with van der Waals surface area (Å²) in [7, 11) is -3.36. The lowest BCUT2D eigenvalue weighted by Gasteiger charge is -2.34. The van der Waals surface area contributed by atoms with Gasteiger partial charge in [0.05, 0.1) is 6.67 Å². The van der Waals surface area contributed by atoms with Crippen molar-refractivity contribution < 1.29 is 17.6 Å².